The summed E-state index contributed by atoms with van der Waals surface area (Å²) in [6.45, 7) is 5.08. The smallest absolute Gasteiger partial charge is 0.165 e. The third kappa shape index (κ3) is 3.85. The van der Waals surface area contributed by atoms with Crippen LogP contribution < -0.4 is 14.8 Å². The van der Waals surface area contributed by atoms with Gasteiger partial charge in [0.25, 0.3) is 0 Å². The van der Waals surface area contributed by atoms with E-state index in [1.807, 2.05) is 19.1 Å². The first kappa shape index (κ1) is 14.2. The maximum atomic E-state index is 5.58. The van der Waals surface area contributed by atoms with E-state index in [-0.39, 0.29) is 0 Å². The zero-order chi connectivity index (χ0) is 13.5. The number of nitrogens with one attached hydrogen (secondary N) is 1. The highest BCUT2D eigenvalue weighted by Gasteiger charge is 2.15. The molecule has 1 atom stereocenters. The summed E-state index contributed by atoms with van der Waals surface area (Å²) in [6.07, 6.45) is 2.31. The molecule has 4 heteroatoms. The molecule has 1 aliphatic heterocycles. The van der Waals surface area contributed by atoms with Gasteiger partial charge in [-0.05, 0) is 25.8 Å². The zero-order valence-electron chi connectivity index (χ0n) is 11.8. The lowest BCUT2D eigenvalue weighted by Gasteiger charge is -2.24. The Labute approximate surface area is 115 Å². The molecular weight excluding hydrogens is 242 g/mol. The Morgan fingerprint density at radius 1 is 1.42 bits per heavy atom. The fourth-order valence-corrected chi connectivity index (χ4v) is 2.36. The quantitative estimate of drug-likeness (QED) is 0.857. The number of hydrogen-bond acceptors (Lipinski definition) is 4. The van der Waals surface area contributed by atoms with Crippen LogP contribution in [0.3, 0.4) is 0 Å². The van der Waals surface area contributed by atoms with E-state index >= 15 is 0 Å². The van der Waals surface area contributed by atoms with Gasteiger partial charge in [-0.15, -0.1) is 0 Å². The van der Waals surface area contributed by atoms with E-state index in [0.29, 0.717) is 12.6 Å². The third-order valence-electron chi connectivity index (χ3n) is 3.31. The number of ether oxygens (including phenoxy) is 3. The van der Waals surface area contributed by atoms with Gasteiger partial charge in [-0.2, -0.15) is 0 Å². The highest BCUT2D eigenvalue weighted by Crippen LogP contribution is 2.31. The number of para-hydroxylation sites is 1. The van der Waals surface area contributed by atoms with E-state index in [1.54, 1.807) is 7.11 Å². The molecule has 0 aromatic heterocycles. The number of rotatable bonds is 6. The zero-order valence-corrected chi connectivity index (χ0v) is 11.8. The molecule has 1 aliphatic rings. The molecule has 19 heavy (non-hydrogen) atoms. The van der Waals surface area contributed by atoms with Crippen LogP contribution in [0.1, 0.15) is 25.3 Å². The highest BCUT2D eigenvalue weighted by atomic mass is 16.5. The maximum absolute atomic E-state index is 5.58. The van der Waals surface area contributed by atoms with Crippen molar-refractivity contribution in [2.75, 3.05) is 26.9 Å². The van der Waals surface area contributed by atoms with E-state index in [1.165, 1.54) is 6.42 Å². The predicted molar refractivity (Wildman–Crippen MR) is 74.8 cm³/mol. The minimum absolute atomic E-state index is 0.439. The fraction of sp³-hybridized carbons (Fsp3) is 0.600. The molecule has 4 nitrogen and oxygen atoms in total. The molecule has 1 aromatic carbocycles. The first-order valence-electron chi connectivity index (χ1n) is 6.95. The molecule has 1 fully saturated rings. The van der Waals surface area contributed by atoms with Crippen LogP contribution in [0.25, 0.3) is 0 Å². The summed E-state index contributed by atoms with van der Waals surface area (Å²) in [5, 5.41) is 3.52. The van der Waals surface area contributed by atoms with Crippen LogP contribution in [0.4, 0.5) is 0 Å². The van der Waals surface area contributed by atoms with Gasteiger partial charge in [0.15, 0.2) is 11.5 Å². The SMILES string of the molecule is CCOc1cccc(CNC2CCCOC2)c1OC. The Kier molecular flexibility index (Phi) is 5.48. The standard InChI is InChI=1S/C15H23NO3/c1-3-19-14-8-4-6-12(15(14)17-2)10-16-13-7-5-9-18-11-13/h4,6,8,13,16H,3,5,7,9-11H2,1-2H3. The lowest BCUT2D eigenvalue weighted by Crippen LogP contribution is -2.36. The van der Waals surface area contributed by atoms with Crippen molar-refractivity contribution < 1.29 is 14.2 Å². The molecule has 1 N–H and O–H groups in total. The number of hydrogen-bond donors (Lipinski definition) is 1. The molecular formula is C15H23NO3. The largest absolute Gasteiger partial charge is 0.493 e. The van der Waals surface area contributed by atoms with E-state index in [9.17, 15) is 0 Å². The Hall–Kier alpha value is -1.26. The Balaban J connectivity index is 2.00. The minimum atomic E-state index is 0.439. The molecule has 0 radical (unpaired) electrons. The maximum Gasteiger partial charge on any atom is 0.165 e. The van der Waals surface area contributed by atoms with Crippen molar-refractivity contribution in [3.8, 4) is 11.5 Å². The highest BCUT2D eigenvalue weighted by molar-refractivity contribution is 5.46. The molecule has 0 aliphatic carbocycles. The van der Waals surface area contributed by atoms with Crippen molar-refractivity contribution >= 4 is 0 Å². The second-order valence-electron chi connectivity index (χ2n) is 4.68. The first-order chi connectivity index (χ1) is 9.35. The summed E-state index contributed by atoms with van der Waals surface area (Å²) < 4.78 is 16.5. The van der Waals surface area contributed by atoms with E-state index in [2.05, 4.69) is 11.4 Å². The molecule has 1 aromatic rings. The van der Waals surface area contributed by atoms with Crippen molar-refractivity contribution in [2.45, 2.75) is 32.4 Å². The molecule has 0 amide bonds. The van der Waals surface area contributed by atoms with Crippen LogP contribution in [-0.2, 0) is 11.3 Å². The van der Waals surface area contributed by atoms with E-state index in [0.717, 1.165) is 43.2 Å². The number of methoxy groups -OCH3 is 1. The topological polar surface area (TPSA) is 39.7 Å². The van der Waals surface area contributed by atoms with Gasteiger partial charge in [0.2, 0.25) is 0 Å². The van der Waals surface area contributed by atoms with Crippen molar-refractivity contribution in [3.05, 3.63) is 23.8 Å². The summed E-state index contributed by atoms with van der Waals surface area (Å²) in [5.74, 6) is 1.64. The Morgan fingerprint density at radius 2 is 2.32 bits per heavy atom. The van der Waals surface area contributed by atoms with Gasteiger partial charge in [-0.3, -0.25) is 0 Å². The average molecular weight is 265 g/mol. The van der Waals surface area contributed by atoms with Gasteiger partial charge < -0.3 is 19.5 Å². The fourth-order valence-electron chi connectivity index (χ4n) is 2.36. The monoisotopic (exact) mass is 265 g/mol. The van der Waals surface area contributed by atoms with Crippen molar-refractivity contribution in [1.29, 1.82) is 0 Å². The molecule has 2 rings (SSSR count). The number of benzene rings is 1. The van der Waals surface area contributed by atoms with Gasteiger partial charge in [0, 0.05) is 24.8 Å². The summed E-state index contributed by atoms with van der Waals surface area (Å²) in [7, 11) is 1.69. The van der Waals surface area contributed by atoms with E-state index < -0.39 is 0 Å². The summed E-state index contributed by atoms with van der Waals surface area (Å²) >= 11 is 0. The summed E-state index contributed by atoms with van der Waals surface area (Å²) in [5.41, 5.74) is 1.12. The van der Waals surface area contributed by atoms with Crippen LogP contribution in [0.2, 0.25) is 0 Å². The third-order valence-corrected chi connectivity index (χ3v) is 3.31. The van der Waals surface area contributed by atoms with Crippen LogP contribution in [0.5, 0.6) is 11.5 Å². The normalized spacial score (nSPS) is 19.2. The Bertz CT molecular complexity index is 389. The van der Waals surface area contributed by atoms with E-state index in [4.69, 9.17) is 14.2 Å². The molecule has 106 valence electrons. The second-order valence-corrected chi connectivity index (χ2v) is 4.68. The first-order valence-corrected chi connectivity index (χ1v) is 6.95. The average Bonchev–Trinajstić information content (AvgIpc) is 2.46. The lowest BCUT2D eigenvalue weighted by molar-refractivity contribution is 0.0698. The van der Waals surface area contributed by atoms with Crippen molar-refractivity contribution in [1.82, 2.24) is 5.32 Å². The molecule has 0 bridgehead atoms. The van der Waals surface area contributed by atoms with Crippen LogP contribution in [-0.4, -0.2) is 33.0 Å². The summed E-state index contributed by atoms with van der Waals surface area (Å²) in [6, 6.07) is 6.45. The lowest BCUT2D eigenvalue weighted by atomic mass is 10.1. The molecule has 0 spiro atoms. The minimum Gasteiger partial charge on any atom is -0.493 e. The van der Waals surface area contributed by atoms with Gasteiger partial charge >= 0.3 is 0 Å². The van der Waals surface area contributed by atoms with Crippen molar-refractivity contribution in [2.24, 2.45) is 0 Å². The van der Waals surface area contributed by atoms with Crippen LogP contribution in [0, 0.1) is 0 Å². The van der Waals surface area contributed by atoms with Gasteiger partial charge in [-0.25, -0.2) is 0 Å². The van der Waals surface area contributed by atoms with Gasteiger partial charge in [0.1, 0.15) is 0 Å². The van der Waals surface area contributed by atoms with Gasteiger partial charge in [-0.1, -0.05) is 12.1 Å². The summed E-state index contributed by atoms with van der Waals surface area (Å²) in [4.78, 5) is 0. The Morgan fingerprint density at radius 3 is 3.00 bits per heavy atom. The predicted octanol–water partition coefficient (Wildman–Crippen LogP) is 2.36. The molecule has 0 saturated carbocycles. The van der Waals surface area contributed by atoms with Crippen LogP contribution in [0.15, 0.2) is 18.2 Å². The van der Waals surface area contributed by atoms with Gasteiger partial charge in [0.05, 0.1) is 20.3 Å². The second kappa shape index (κ2) is 7.36. The molecule has 1 unspecified atom stereocenters. The molecule has 1 heterocycles. The van der Waals surface area contributed by atoms with Crippen LogP contribution >= 0.6 is 0 Å². The molecule has 1 saturated heterocycles. The van der Waals surface area contributed by atoms with Crippen molar-refractivity contribution in [3.63, 3.8) is 0 Å².